The fourth-order valence-electron chi connectivity index (χ4n) is 4.01. The zero-order chi connectivity index (χ0) is 20.0. The van der Waals surface area contributed by atoms with Crippen LogP contribution in [-0.4, -0.2) is 27.6 Å². The van der Waals surface area contributed by atoms with Gasteiger partial charge in [0, 0.05) is 18.2 Å². The normalized spacial score (nSPS) is 17.2. The fraction of sp³-hybridized carbons (Fsp3) is 0.136. The number of allylic oxidation sites excluding steroid dienone is 1. The smallest absolute Gasteiger partial charge is 0.352 e. The zero-order valence-electron chi connectivity index (χ0n) is 15.4. The number of carbonyl (C=O) groups is 1. The van der Waals surface area contributed by atoms with Gasteiger partial charge in [0.1, 0.15) is 11.5 Å². The Kier molecular flexibility index (Phi) is 3.94. The van der Waals surface area contributed by atoms with Crippen LogP contribution in [0.15, 0.2) is 71.2 Å². The van der Waals surface area contributed by atoms with E-state index in [2.05, 4.69) is 21.4 Å². The van der Waals surface area contributed by atoms with Crippen molar-refractivity contribution < 1.29 is 9.90 Å². The first-order chi connectivity index (χ1) is 14.1. The fourth-order valence-corrected chi connectivity index (χ4v) is 4.01. The van der Waals surface area contributed by atoms with Crippen molar-refractivity contribution in [2.45, 2.75) is 12.3 Å². The lowest BCUT2D eigenvalue weighted by atomic mass is 9.89. The van der Waals surface area contributed by atoms with Crippen molar-refractivity contribution in [3.63, 3.8) is 0 Å². The number of aliphatic carboxylic acids is 1. The van der Waals surface area contributed by atoms with Crippen LogP contribution in [0.5, 0.6) is 0 Å². The van der Waals surface area contributed by atoms with Crippen LogP contribution in [-0.2, 0) is 11.2 Å². The molecule has 1 aromatic heterocycles. The van der Waals surface area contributed by atoms with E-state index in [1.807, 2.05) is 53.4 Å². The van der Waals surface area contributed by atoms with E-state index in [0.29, 0.717) is 18.1 Å². The first-order valence-electron chi connectivity index (χ1n) is 9.38. The highest BCUT2D eigenvalue weighted by atomic mass is 16.4. The van der Waals surface area contributed by atoms with E-state index in [0.717, 1.165) is 17.7 Å². The van der Waals surface area contributed by atoms with Crippen molar-refractivity contribution >= 4 is 23.4 Å². The molecule has 3 aromatic rings. The lowest BCUT2D eigenvalue weighted by Gasteiger charge is -2.25. The third-order valence-corrected chi connectivity index (χ3v) is 5.37. The topological polar surface area (TPSA) is 98.3 Å². The van der Waals surface area contributed by atoms with E-state index in [1.165, 1.54) is 5.56 Å². The zero-order valence-corrected chi connectivity index (χ0v) is 15.4. The number of carboxylic acid groups (broad SMARTS) is 1. The molecule has 0 unspecified atom stereocenters. The molecule has 2 aliphatic heterocycles. The minimum Gasteiger partial charge on any atom is -0.477 e. The summed E-state index contributed by atoms with van der Waals surface area (Å²) in [5.41, 5.74) is 3.17. The first-order valence-corrected chi connectivity index (χ1v) is 9.38. The van der Waals surface area contributed by atoms with Gasteiger partial charge < -0.3 is 15.3 Å². The second kappa shape index (κ2) is 6.63. The largest absolute Gasteiger partial charge is 0.477 e. The van der Waals surface area contributed by atoms with Crippen molar-refractivity contribution in [3.05, 3.63) is 93.4 Å². The van der Waals surface area contributed by atoms with Gasteiger partial charge in [-0.05, 0) is 29.7 Å². The molecule has 2 aromatic carbocycles. The maximum atomic E-state index is 13.1. The summed E-state index contributed by atoms with van der Waals surface area (Å²) in [6.07, 6.45) is 2.42. The van der Waals surface area contributed by atoms with Crippen LogP contribution >= 0.6 is 0 Å². The molecule has 5 rings (SSSR count). The Hall–Kier alpha value is -3.87. The van der Waals surface area contributed by atoms with Crippen molar-refractivity contribution in [2.24, 2.45) is 0 Å². The van der Waals surface area contributed by atoms with E-state index >= 15 is 0 Å². The molecule has 0 spiro atoms. The van der Waals surface area contributed by atoms with Crippen LogP contribution in [0.2, 0.25) is 0 Å². The molecule has 0 saturated carbocycles. The molecule has 1 atom stereocenters. The Morgan fingerprint density at radius 2 is 1.86 bits per heavy atom. The van der Waals surface area contributed by atoms with Crippen LogP contribution in [0, 0.1) is 0 Å². The average Bonchev–Trinajstić information content (AvgIpc) is 3.17. The number of H-pyrrole nitrogens is 1. The molecular weight excluding hydrogens is 368 g/mol. The highest BCUT2D eigenvalue weighted by molar-refractivity contribution is 5.91. The van der Waals surface area contributed by atoms with Gasteiger partial charge in [-0.25, -0.2) is 4.79 Å². The number of carboxylic acids is 1. The monoisotopic (exact) mass is 386 g/mol. The number of nitrogens with zero attached hydrogens (tertiary/aromatic N) is 2. The second-order valence-electron chi connectivity index (χ2n) is 7.08. The van der Waals surface area contributed by atoms with Gasteiger partial charge in [-0.3, -0.25) is 9.78 Å². The number of hydrogen-bond acceptors (Lipinski definition) is 5. The Morgan fingerprint density at radius 3 is 2.66 bits per heavy atom. The van der Waals surface area contributed by atoms with Crippen molar-refractivity contribution in [2.75, 3.05) is 16.8 Å². The quantitative estimate of drug-likeness (QED) is 0.640. The maximum absolute atomic E-state index is 13.1. The van der Waals surface area contributed by atoms with Gasteiger partial charge in [0.15, 0.2) is 0 Å². The van der Waals surface area contributed by atoms with Crippen LogP contribution < -0.4 is 15.8 Å². The number of para-hydroxylation sites is 1. The van der Waals surface area contributed by atoms with Gasteiger partial charge in [0.2, 0.25) is 5.95 Å². The van der Waals surface area contributed by atoms with Crippen LogP contribution in [0.3, 0.4) is 0 Å². The van der Waals surface area contributed by atoms with Gasteiger partial charge in [-0.1, -0.05) is 48.5 Å². The molecule has 144 valence electrons. The maximum Gasteiger partial charge on any atom is 0.352 e. The Morgan fingerprint density at radius 1 is 1.10 bits per heavy atom. The predicted octanol–water partition coefficient (Wildman–Crippen LogP) is 2.99. The molecule has 3 heterocycles. The lowest BCUT2D eigenvalue weighted by molar-refractivity contribution is -0.132. The van der Waals surface area contributed by atoms with Crippen LogP contribution in [0.4, 0.5) is 17.5 Å². The van der Waals surface area contributed by atoms with Gasteiger partial charge in [0.25, 0.3) is 5.56 Å². The predicted molar refractivity (Wildman–Crippen MR) is 110 cm³/mol. The number of nitrogens with one attached hydrogen (secondary N) is 2. The summed E-state index contributed by atoms with van der Waals surface area (Å²) in [6.45, 7) is 0.699. The van der Waals surface area contributed by atoms with E-state index in [1.54, 1.807) is 6.08 Å². The SMILES string of the molecule is O=C(O)C1=C[C@@H](c2ccccc2)c2c(nc(N3CCc4ccccc43)[nH]c2=O)N1. The molecule has 0 radical (unpaired) electrons. The van der Waals surface area contributed by atoms with Gasteiger partial charge in [-0.2, -0.15) is 4.98 Å². The van der Waals surface area contributed by atoms with E-state index in [9.17, 15) is 14.7 Å². The minimum atomic E-state index is -1.09. The summed E-state index contributed by atoms with van der Waals surface area (Å²) < 4.78 is 0. The Balaban J connectivity index is 1.64. The summed E-state index contributed by atoms with van der Waals surface area (Å²) in [5.74, 6) is -0.895. The summed E-state index contributed by atoms with van der Waals surface area (Å²) in [7, 11) is 0. The first kappa shape index (κ1) is 17.2. The molecule has 2 aliphatic rings. The highest BCUT2D eigenvalue weighted by Gasteiger charge is 2.30. The number of fused-ring (bicyclic) bond motifs is 2. The molecule has 29 heavy (non-hydrogen) atoms. The van der Waals surface area contributed by atoms with Gasteiger partial charge in [0.05, 0.1) is 5.56 Å². The molecule has 0 fully saturated rings. The highest BCUT2D eigenvalue weighted by Crippen LogP contribution is 2.36. The van der Waals surface area contributed by atoms with Gasteiger partial charge in [-0.15, -0.1) is 0 Å². The number of benzene rings is 2. The second-order valence-corrected chi connectivity index (χ2v) is 7.08. The molecule has 0 aliphatic carbocycles. The molecule has 7 nitrogen and oxygen atoms in total. The molecule has 0 saturated heterocycles. The molecule has 0 amide bonds. The molecule has 7 heteroatoms. The Labute approximate surface area is 166 Å². The number of hydrogen-bond donors (Lipinski definition) is 3. The summed E-state index contributed by atoms with van der Waals surface area (Å²) in [5, 5.41) is 12.4. The average molecular weight is 386 g/mol. The number of rotatable bonds is 3. The molecular formula is C22H18N4O3. The minimum absolute atomic E-state index is 0.0113. The molecule has 0 bridgehead atoms. The van der Waals surface area contributed by atoms with Gasteiger partial charge >= 0.3 is 5.97 Å². The van der Waals surface area contributed by atoms with Crippen molar-refractivity contribution in [1.82, 2.24) is 9.97 Å². The number of aromatic nitrogens is 2. The standard InChI is InChI=1S/C22H18N4O3/c27-20-18-15(13-6-2-1-3-7-13)12-16(21(28)29)23-19(18)24-22(25-20)26-11-10-14-8-4-5-9-17(14)26/h1-9,12,15H,10-11H2,(H,28,29)(H2,23,24,25,27)/t15-/m0/s1. The lowest BCUT2D eigenvalue weighted by Crippen LogP contribution is -2.30. The van der Waals surface area contributed by atoms with Crippen molar-refractivity contribution in [3.8, 4) is 0 Å². The van der Waals surface area contributed by atoms with Crippen LogP contribution in [0.25, 0.3) is 0 Å². The van der Waals surface area contributed by atoms with E-state index in [4.69, 9.17) is 0 Å². The van der Waals surface area contributed by atoms with E-state index < -0.39 is 11.9 Å². The summed E-state index contributed by atoms with van der Waals surface area (Å²) in [4.78, 5) is 34.2. The Bertz CT molecular complexity index is 1200. The van der Waals surface area contributed by atoms with Crippen molar-refractivity contribution in [1.29, 1.82) is 0 Å². The third kappa shape index (κ3) is 2.87. The summed E-state index contributed by atoms with van der Waals surface area (Å²) in [6, 6.07) is 17.3. The third-order valence-electron chi connectivity index (χ3n) is 5.37. The summed E-state index contributed by atoms with van der Waals surface area (Å²) >= 11 is 0. The number of aromatic amines is 1. The molecule has 3 N–H and O–H groups in total. The number of anilines is 3. The van der Waals surface area contributed by atoms with E-state index in [-0.39, 0.29) is 17.1 Å². The van der Waals surface area contributed by atoms with Crippen LogP contribution in [0.1, 0.15) is 22.6 Å².